The van der Waals surface area contributed by atoms with Crippen LogP contribution in [0, 0.1) is 11.8 Å². The molecule has 0 rings (SSSR count). The lowest BCUT2D eigenvalue weighted by Crippen LogP contribution is -2.42. The molecule has 7 heteroatoms. The van der Waals surface area contributed by atoms with E-state index in [1.807, 2.05) is 13.8 Å². The molecule has 0 heterocycles. The van der Waals surface area contributed by atoms with Gasteiger partial charge in [0.1, 0.15) is 6.10 Å². The molecular weight excluding hydrogens is 278 g/mol. The lowest BCUT2D eigenvalue weighted by atomic mass is 9.96. The molecule has 1 amide bonds. The number of carbonyl (C=O) groups is 3. The molecule has 0 saturated heterocycles. The van der Waals surface area contributed by atoms with Gasteiger partial charge in [0.15, 0.2) is 0 Å². The fourth-order valence-corrected chi connectivity index (χ4v) is 2.08. The largest absolute Gasteiger partial charge is 0.481 e. The van der Waals surface area contributed by atoms with Crippen LogP contribution in [0.4, 0.5) is 4.79 Å². The predicted molar refractivity (Wildman–Crippen MR) is 76.0 cm³/mol. The maximum atomic E-state index is 11.7. The van der Waals surface area contributed by atoms with Crippen molar-refractivity contribution >= 4 is 18.0 Å². The van der Waals surface area contributed by atoms with Crippen LogP contribution in [-0.2, 0) is 14.3 Å². The molecular formula is C14H25NO6. The van der Waals surface area contributed by atoms with Gasteiger partial charge in [-0.3, -0.25) is 9.59 Å². The zero-order chi connectivity index (χ0) is 16.6. The number of hydrogen-bond acceptors (Lipinski definition) is 4. The Morgan fingerprint density at radius 3 is 2.10 bits per heavy atom. The van der Waals surface area contributed by atoms with Crippen LogP contribution >= 0.6 is 0 Å². The van der Waals surface area contributed by atoms with Crippen LogP contribution in [0.1, 0.15) is 47.0 Å². The first-order valence-corrected chi connectivity index (χ1v) is 7.05. The molecule has 3 atom stereocenters. The first kappa shape index (κ1) is 19.2. The minimum atomic E-state index is -1.14. The Hall–Kier alpha value is -1.79. The predicted octanol–water partition coefficient (Wildman–Crippen LogP) is 2.10. The molecule has 21 heavy (non-hydrogen) atoms. The number of rotatable bonds is 9. The molecule has 3 unspecified atom stereocenters. The summed E-state index contributed by atoms with van der Waals surface area (Å²) in [6.45, 7) is 7.30. The Labute approximate surface area is 124 Å². The van der Waals surface area contributed by atoms with E-state index < -0.39 is 30.0 Å². The minimum Gasteiger partial charge on any atom is -0.481 e. The highest BCUT2D eigenvalue weighted by Gasteiger charge is 2.27. The van der Waals surface area contributed by atoms with Gasteiger partial charge in [0.05, 0.1) is 5.92 Å². The summed E-state index contributed by atoms with van der Waals surface area (Å²) in [5.74, 6) is -2.79. The molecule has 0 aliphatic carbocycles. The summed E-state index contributed by atoms with van der Waals surface area (Å²) in [6.07, 6.45) is -0.546. The average Bonchev–Trinajstić information content (AvgIpc) is 2.25. The Morgan fingerprint density at radius 2 is 1.67 bits per heavy atom. The molecule has 0 saturated carbocycles. The first-order valence-electron chi connectivity index (χ1n) is 7.05. The van der Waals surface area contributed by atoms with Gasteiger partial charge in [-0.05, 0) is 32.6 Å². The lowest BCUT2D eigenvalue weighted by Gasteiger charge is -2.22. The van der Waals surface area contributed by atoms with E-state index in [4.69, 9.17) is 14.9 Å². The van der Waals surface area contributed by atoms with Crippen molar-refractivity contribution in [1.82, 2.24) is 5.32 Å². The van der Waals surface area contributed by atoms with E-state index in [1.165, 1.54) is 6.92 Å². The van der Waals surface area contributed by atoms with Gasteiger partial charge in [-0.1, -0.05) is 13.8 Å². The Bertz CT molecular complexity index is 368. The van der Waals surface area contributed by atoms with Crippen molar-refractivity contribution in [3.05, 3.63) is 0 Å². The van der Waals surface area contributed by atoms with E-state index in [1.54, 1.807) is 6.92 Å². The minimum absolute atomic E-state index is 0.0480. The Morgan fingerprint density at radius 1 is 1.10 bits per heavy atom. The van der Waals surface area contributed by atoms with Crippen LogP contribution in [0.2, 0.25) is 0 Å². The molecule has 0 aromatic rings. The van der Waals surface area contributed by atoms with Gasteiger partial charge in [-0.25, -0.2) is 4.79 Å². The highest BCUT2D eigenvalue weighted by Crippen LogP contribution is 2.13. The normalized spacial score (nSPS) is 15.1. The zero-order valence-corrected chi connectivity index (χ0v) is 13.0. The van der Waals surface area contributed by atoms with Crippen LogP contribution in [0.5, 0.6) is 0 Å². The highest BCUT2D eigenvalue weighted by atomic mass is 16.6. The van der Waals surface area contributed by atoms with Crippen LogP contribution in [-0.4, -0.2) is 40.4 Å². The number of ether oxygens (including phenoxy) is 1. The molecule has 3 N–H and O–H groups in total. The quantitative estimate of drug-likeness (QED) is 0.601. The van der Waals surface area contributed by atoms with Crippen molar-refractivity contribution in [3.63, 3.8) is 0 Å². The van der Waals surface area contributed by atoms with Crippen molar-refractivity contribution in [2.75, 3.05) is 0 Å². The number of aliphatic carboxylic acids is 2. The van der Waals surface area contributed by atoms with Gasteiger partial charge in [0.25, 0.3) is 0 Å². The van der Waals surface area contributed by atoms with Gasteiger partial charge < -0.3 is 20.3 Å². The van der Waals surface area contributed by atoms with Gasteiger partial charge in [-0.2, -0.15) is 0 Å². The van der Waals surface area contributed by atoms with Crippen LogP contribution in [0.3, 0.4) is 0 Å². The summed E-state index contributed by atoms with van der Waals surface area (Å²) in [7, 11) is 0. The van der Waals surface area contributed by atoms with Crippen molar-refractivity contribution in [1.29, 1.82) is 0 Å². The molecule has 0 bridgehead atoms. The number of amides is 1. The summed E-state index contributed by atoms with van der Waals surface area (Å²) < 4.78 is 5.13. The number of nitrogens with one attached hydrogen (secondary N) is 1. The van der Waals surface area contributed by atoms with Gasteiger partial charge >= 0.3 is 18.0 Å². The third-order valence-electron chi connectivity index (χ3n) is 3.05. The second kappa shape index (κ2) is 9.20. The molecule has 0 aliphatic heterocycles. The Balaban J connectivity index is 4.40. The summed E-state index contributed by atoms with van der Waals surface area (Å²) in [6, 6.07) is -0.708. The number of carboxylic acids is 2. The van der Waals surface area contributed by atoms with Gasteiger partial charge in [0, 0.05) is 12.5 Å². The lowest BCUT2D eigenvalue weighted by molar-refractivity contribution is -0.143. The summed E-state index contributed by atoms with van der Waals surface area (Å²) in [5.41, 5.74) is 0. The maximum absolute atomic E-state index is 11.7. The third-order valence-corrected chi connectivity index (χ3v) is 3.05. The van der Waals surface area contributed by atoms with Crippen molar-refractivity contribution in [2.24, 2.45) is 11.8 Å². The smallest absolute Gasteiger partial charge is 0.407 e. The standard InChI is InChI=1S/C14H25NO6/c1-8(2)7-9(3)21-14(20)15-10(4)11(13(18)19)5-6-12(16)17/h8-11H,5-7H2,1-4H3,(H,15,20)(H,16,17)(H,18,19). The van der Waals surface area contributed by atoms with E-state index in [0.29, 0.717) is 12.3 Å². The van der Waals surface area contributed by atoms with Gasteiger partial charge in [-0.15, -0.1) is 0 Å². The molecule has 0 aromatic carbocycles. The molecule has 122 valence electrons. The van der Waals surface area contributed by atoms with E-state index in [2.05, 4.69) is 5.32 Å². The molecule has 0 fully saturated rings. The van der Waals surface area contributed by atoms with Crippen LogP contribution in [0.15, 0.2) is 0 Å². The topological polar surface area (TPSA) is 113 Å². The van der Waals surface area contributed by atoms with Crippen molar-refractivity contribution in [3.8, 4) is 0 Å². The molecule has 0 spiro atoms. The van der Waals surface area contributed by atoms with Crippen molar-refractivity contribution in [2.45, 2.75) is 59.1 Å². The molecule has 0 radical (unpaired) electrons. The number of alkyl carbamates (subject to hydrolysis) is 1. The highest BCUT2D eigenvalue weighted by molar-refractivity contribution is 5.74. The monoisotopic (exact) mass is 303 g/mol. The summed E-state index contributed by atoms with van der Waals surface area (Å²) in [4.78, 5) is 33.3. The fraction of sp³-hybridized carbons (Fsp3) is 0.786. The van der Waals surface area contributed by atoms with Crippen molar-refractivity contribution < 1.29 is 29.3 Å². The molecule has 0 aliphatic rings. The number of hydrogen-bond donors (Lipinski definition) is 3. The van der Waals surface area contributed by atoms with E-state index >= 15 is 0 Å². The maximum Gasteiger partial charge on any atom is 0.407 e. The molecule has 7 nitrogen and oxygen atoms in total. The number of carboxylic acid groups (broad SMARTS) is 2. The first-order chi connectivity index (χ1) is 9.63. The summed E-state index contributed by atoms with van der Waals surface area (Å²) >= 11 is 0. The van der Waals surface area contributed by atoms with Gasteiger partial charge in [0.2, 0.25) is 0 Å². The second-order valence-corrected chi connectivity index (χ2v) is 5.66. The average molecular weight is 303 g/mol. The van der Waals surface area contributed by atoms with E-state index in [9.17, 15) is 14.4 Å². The fourth-order valence-electron chi connectivity index (χ4n) is 2.08. The second-order valence-electron chi connectivity index (χ2n) is 5.66. The third kappa shape index (κ3) is 8.88. The SMILES string of the molecule is CC(C)CC(C)OC(=O)NC(C)C(CCC(=O)O)C(=O)O. The molecule has 0 aromatic heterocycles. The number of carbonyl (C=O) groups excluding carboxylic acids is 1. The van der Waals surface area contributed by atoms with Crippen LogP contribution < -0.4 is 5.32 Å². The van der Waals surface area contributed by atoms with E-state index in [-0.39, 0.29) is 18.9 Å². The summed E-state index contributed by atoms with van der Waals surface area (Å²) in [5, 5.41) is 20.1. The van der Waals surface area contributed by atoms with Crippen LogP contribution in [0.25, 0.3) is 0 Å². The Kier molecular flexibility index (Phi) is 8.42. The zero-order valence-electron chi connectivity index (χ0n) is 13.0. The van der Waals surface area contributed by atoms with E-state index in [0.717, 1.165) is 0 Å².